The molecule has 1 heterocycles. The van der Waals surface area contributed by atoms with Crippen LogP contribution in [0, 0.1) is 0 Å². The van der Waals surface area contributed by atoms with Crippen LogP contribution < -0.4 is 10.1 Å². The molecule has 0 bridgehead atoms. The number of ether oxygens (including phenoxy) is 1. The minimum atomic E-state index is -0.115. The number of aryl methyl sites for hydroxylation is 1. The molecule has 28 heavy (non-hydrogen) atoms. The molecule has 2 aromatic carbocycles. The Morgan fingerprint density at radius 3 is 2.75 bits per heavy atom. The van der Waals surface area contributed by atoms with Crippen molar-refractivity contribution < 1.29 is 9.53 Å². The second kappa shape index (κ2) is 9.94. The summed E-state index contributed by atoms with van der Waals surface area (Å²) in [5, 5.41) is 11.8. The number of anilines is 1. The summed E-state index contributed by atoms with van der Waals surface area (Å²) in [5.41, 5.74) is 2.92. The molecule has 0 aliphatic rings. The number of hydrogen-bond acceptors (Lipinski definition) is 5. The van der Waals surface area contributed by atoms with E-state index in [1.165, 1.54) is 17.3 Å². The molecule has 7 heteroatoms. The van der Waals surface area contributed by atoms with Crippen LogP contribution in [0.2, 0.25) is 0 Å². The number of para-hydroxylation sites is 3. The minimum absolute atomic E-state index is 0.115. The van der Waals surface area contributed by atoms with Crippen LogP contribution >= 0.6 is 11.8 Å². The van der Waals surface area contributed by atoms with Gasteiger partial charge in [0, 0.05) is 0 Å². The summed E-state index contributed by atoms with van der Waals surface area (Å²) in [6.07, 6.45) is 3.50. The van der Waals surface area contributed by atoms with E-state index in [0.29, 0.717) is 23.2 Å². The predicted octanol–water partition coefficient (Wildman–Crippen LogP) is 4.35. The number of nitrogens with zero attached hydrogens (tertiary/aromatic N) is 3. The molecule has 0 spiro atoms. The van der Waals surface area contributed by atoms with Crippen LogP contribution in [0.5, 0.6) is 5.75 Å². The third-order valence-electron chi connectivity index (χ3n) is 4.10. The summed E-state index contributed by atoms with van der Waals surface area (Å²) >= 11 is 1.36. The lowest BCUT2D eigenvalue weighted by Crippen LogP contribution is -2.15. The third kappa shape index (κ3) is 4.92. The van der Waals surface area contributed by atoms with Gasteiger partial charge in [0.15, 0.2) is 5.16 Å². The molecule has 0 radical (unpaired) electrons. The number of amides is 1. The first-order valence-electron chi connectivity index (χ1n) is 9.35. The molecular weight excluding hydrogens is 372 g/mol. The van der Waals surface area contributed by atoms with Crippen LogP contribution in [-0.4, -0.2) is 33.0 Å². The van der Waals surface area contributed by atoms with E-state index in [-0.39, 0.29) is 11.7 Å². The molecule has 0 aliphatic carbocycles. The van der Waals surface area contributed by atoms with Crippen LogP contribution in [0.15, 0.2) is 60.0 Å². The van der Waals surface area contributed by atoms with Gasteiger partial charge in [0.1, 0.15) is 12.1 Å². The van der Waals surface area contributed by atoms with Crippen molar-refractivity contribution in [2.45, 2.75) is 31.8 Å². The van der Waals surface area contributed by atoms with Crippen LogP contribution in [0.4, 0.5) is 5.69 Å². The van der Waals surface area contributed by atoms with Gasteiger partial charge in [0.2, 0.25) is 5.91 Å². The Labute approximate surface area is 169 Å². The molecular formula is C21H24N4O2S. The Balaban J connectivity index is 1.66. The largest absolute Gasteiger partial charge is 0.491 e. The van der Waals surface area contributed by atoms with E-state index in [1.807, 2.05) is 54.0 Å². The standard InChI is InChI=1S/C21H24N4O2S/c1-3-13-27-19-12-8-6-10-17(19)23-20(26)14-28-21-24-22-15-25(21)18-11-7-5-9-16(18)4-2/h5-12,15H,3-4,13-14H2,1-2H3,(H,23,26). The zero-order valence-corrected chi connectivity index (χ0v) is 16.9. The van der Waals surface area contributed by atoms with Crippen LogP contribution in [-0.2, 0) is 11.2 Å². The average molecular weight is 397 g/mol. The number of carbonyl (C=O) groups is 1. The maximum Gasteiger partial charge on any atom is 0.234 e. The Morgan fingerprint density at radius 2 is 1.93 bits per heavy atom. The Morgan fingerprint density at radius 1 is 1.14 bits per heavy atom. The van der Waals surface area contributed by atoms with Crippen molar-refractivity contribution in [3.63, 3.8) is 0 Å². The third-order valence-corrected chi connectivity index (χ3v) is 5.05. The van der Waals surface area contributed by atoms with E-state index in [9.17, 15) is 4.79 Å². The highest BCUT2D eigenvalue weighted by Crippen LogP contribution is 2.26. The molecule has 3 rings (SSSR count). The second-order valence-electron chi connectivity index (χ2n) is 6.15. The van der Waals surface area contributed by atoms with Crippen molar-refractivity contribution in [1.82, 2.24) is 14.8 Å². The van der Waals surface area contributed by atoms with Crippen molar-refractivity contribution in [3.05, 3.63) is 60.4 Å². The molecule has 6 nitrogen and oxygen atoms in total. The van der Waals surface area contributed by atoms with Gasteiger partial charge in [-0.1, -0.05) is 55.9 Å². The summed E-state index contributed by atoms with van der Waals surface area (Å²) in [7, 11) is 0. The first-order chi connectivity index (χ1) is 13.7. The van der Waals surface area contributed by atoms with E-state index < -0.39 is 0 Å². The molecule has 3 aromatic rings. The Kier molecular flexibility index (Phi) is 7.08. The van der Waals surface area contributed by atoms with Crippen LogP contribution in [0.1, 0.15) is 25.8 Å². The predicted molar refractivity (Wildman–Crippen MR) is 112 cm³/mol. The van der Waals surface area contributed by atoms with Gasteiger partial charge in [-0.05, 0) is 36.6 Å². The summed E-state index contributed by atoms with van der Waals surface area (Å²) in [6, 6.07) is 15.6. The Hall–Kier alpha value is -2.80. The van der Waals surface area contributed by atoms with E-state index in [1.54, 1.807) is 6.33 Å². The van der Waals surface area contributed by atoms with Gasteiger partial charge in [-0.3, -0.25) is 9.36 Å². The lowest BCUT2D eigenvalue weighted by atomic mass is 10.1. The molecule has 0 aliphatic heterocycles. The van der Waals surface area contributed by atoms with Crippen molar-refractivity contribution in [2.75, 3.05) is 17.7 Å². The lowest BCUT2D eigenvalue weighted by Gasteiger charge is -2.12. The fraction of sp³-hybridized carbons (Fsp3) is 0.286. The second-order valence-corrected chi connectivity index (χ2v) is 7.09. The molecule has 0 fully saturated rings. The molecule has 0 saturated carbocycles. The molecule has 146 valence electrons. The van der Waals surface area contributed by atoms with Crippen molar-refractivity contribution in [3.8, 4) is 11.4 Å². The van der Waals surface area contributed by atoms with Gasteiger partial charge in [0.25, 0.3) is 0 Å². The fourth-order valence-corrected chi connectivity index (χ4v) is 3.48. The molecule has 1 N–H and O–H groups in total. The number of rotatable bonds is 9. The van der Waals surface area contributed by atoms with Crippen LogP contribution in [0.25, 0.3) is 5.69 Å². The fourth-order valence-electron chi connectivity index (χ4n) is 2.76. The minimum Gasteiger partial charge on any atom is -0.491 e. The highest BCUT2D eigenvalue weighted by Gasteiger charge is 2.13. The zero-order valence-electron chi connectivity index (χ0n) is 16.1. The van der Waals surface area contributed by atoms with Gasteiger partial charge in [0.05, 0.1) is 23.7 Å². The molecule has 0 atom stereocenters. The molecule has 0 saturated heterocycles. The van der Waals surface area contributed by atoms with Crippen molar-refractivity contribution in [2.24, 2.45) is 0 Å². The van der Waals surface area contributed by atoms with Gasteiger partial charge in [-0.15, -0.1) is 10.2 Å². The smallest absolute Gasteiger partial charge is 0.234 e. The summed E-state index contributed by atoms with van der Waals surface area (Å²) in [4.78, 5) is 12.5. The quantitative estimate of drug-likeness (QED) is 0.545. The monoisotopic (exact) mass is 396 g/mol. The molecule has 0 unspecified atom stereocenters. The summed E-state index contributed by atoms with van der Waals surface area (Å²) in [5.74, 6) is 0.799. The highest BCUT2D eigenvalue weighted by molar-refractivity contribution is 7.99. The van der Waals surface area contributed by atoms with E-state index in [2.05, 4.69) is 28.5 Å². The molecule has 1 aromatic heterocycles. The molecule has 1 amide bonds. The van der Waals surface area contributed by atoms with E-state index >= 15 is 0 Å². The van der Waals surface area contributed by atoms with Gasteiger partial charge in [-0.25, -0.2) is 0 Å². The van der Waals surface area contributed by atoms with Gasteiger partial charge >= 0.3 is 0 Å². The number of carbonyl (C=O) groups excluding carboxylic acids is 1. The first kappa shape index (κ1) is 19.9. The summed E-state index contributed by atoms with van der Waals surface area (Å²) in [6.45, 7) is 4.77. The van der Waals surface area contributed by atoms with E-state index in [4.69, 9.17) is 4.74 Å². The number of nitrogens with one attached hydrogen (secondary N) is 1. The Bertz CT molecular complexity index is 926. The summed E-state index contributed by atoms with van der Waals surface area (Å²) < 4.78 is 7.62. The number of thioether (sulfide) groups is 1. The number of hydrogen-bond donors (Lipinski definition) is 1. The lowest BCUT2D eigenvalue weighted by molar-refractivity contribution is -0.113. The maximum atomic E-state index is 12.5. The van der Waals surface area contributed by atoms with Crippen molar-refractivity contribution in [1.29, 1.82) is 0 Å². The normalized spacial score (nSPS) is 10.6. The average Bonchev–Trinajstić information content (AvgIpc) is 3.20. The first-order valence-corrected chi connectivity index (χ1v) is 10.3. The van der Waals surface area contributed by atoms with Crippen molar-refractivity contribution >= 4 is 23.4 Å². The van der Waals surface area contributed by atoms with Crippen LogP contribution in [0.3, 0.4) is 0 Å². The van der Waals surface area contributed by atoms with Gasteiger partial charge < -0.3 is 10.1 Å². The highest BCUT2D eigenvalue weighted by atomic mass is 32.2. The number of aromatic nitrogens is 3. The van der Waals surface area contributed by atoms with Gasteiger partial charge in [-0.2, -0.15) is 0 Å². The van der Waals surface area contributed by atoms with E-state index in [0.717, 1.165) is 18.5 Å². The zero-order chi connectivity index (χ0) is 19.8. The topological polar surface area (TPSA) is 69.0 Å². The SMILES string of the molecule is CCCOc1ccccc1NC(=O)CSc1nncn1-c1ccccc1CC. The number of benzene rings is 2. The maximum absolute atomic E-state index is 12.5.